The number of likely N-dealkylation sites (tertiary alicyclic amines) is 1. The number of carbonyl (C=O) groups excluding carboxylic acids is 3. The fourth-order valence-corrected chi connectivity index (χ4v) is 7.12. The summed E-state index contributed by atoms with van der Waals surface area (Å²) in [5.74, 6) is -0.0469. The molecule has 2 N–H and O–H groups in total. The van der Waals surface area contributed by atoms with Crippen LogP contribution in [0, 0.1) is 29.6 Å². The number of allylic oxidation sites excluding steroid dienone is 3. The summed E-state index contributed by atoms with van der Waals surface area (Å²) in [4.78, 5) is 44.1. The Morgan fingerprint density at radius 1 is 1.04 bits per heavy atom. The van der Waals surface area contributed by atoms with Crippen molar-refractivity contribution in [2.45, 2.75) is 131 Å². The Morgan fingerprint density at radius 3 is 2.24 bits per heavy atom. The number of likely N-dealkylation sites (N-methyl/N-ethyl adjacent to an activating group) is 1. The maximum atomic E-state index is 13.9. The van der Waals surface area contributed by atoms with Crippen LogP contribution in [0.5, 0.6) is 0 Å². The van der Waals surface area contributed by atoms with Crippen LogP contribution < -0.4 is 5.32 Å². The second-order valence-corrected chi connectivity index (χ2v) is 14.1. The molecule has 2 unspecified atom stereocenters. The van der Waals surface area contributed by atoms with Crippen LogP contribution in [0.1, 0.15) is 94.4 Å². The van der Waals surface area contributed by atoms with Crippen molar-refractivity contribution in [2.75, 3.05) is 27.8 Å². The minimum Gasteiger partial charge on any atom is -0.387 e. The first-order chi connectivity index (χ1) is 21.1. The summed E-state index contributed by atoms with van der Waals surface area (Å²) in [6.07, 6.45) is 5.48. The Morgan fingerprint density at radius 2 is 1.69 bits per heavy atom. The third-order valence-corrected chi connectivity index (χ3v) is 10.3. The molecule has 10 atom stereocenters. The van der Waals surface area contributed by atoms with Crippen LogP contribution in [0.3, 0.4) is 0 Å². The number of hydrogen-bond donors (Lipinski definition) is 2. The van der Waals surface area contributed by atoms with E-state index in [2.05, 4.69) is 52.1 Å². The van der Waals surface area contributed by atoms with Crippen LogP contribution in [-0.2, 0) is 23.9 Å². The van der Waals surface area contributed by atoms with Gasteiger partial charge in [0.2, 0.25) is 17.7 Å². The van der Waals surface area contributed by atoms with Gasteiger partial charge in [0.25, 0.3) is 0 Å². The highest BCUT2D eigenvalue weighted by Gasteiger charge is 2.42. The van der Waals surface area contributed by atoms with E-state index >= 15 is 0 Å². The van der Waals surface area contributed by atoms with E-state index in [1.807, 2.05) is 39.6 Å². The van der Waals surface area contributed by atoms with E-state index in [-0.39, 0.29) is 59.9 Å². The fraction of sp³-hybridized carbons (Fsp3) is 0.806. The van der Waals surface area contributed by atoms with E-state index in [0.717, 1.165) is 24.8 Å². The van der Waals surface area contributed by atoms with E-state index in [0.29, 0.717) is 13.0 Å². The average molecular weight is 634 g/mol. The number of rotatable bonds is 16. The van der Waals surface area contributed by atoms with Crippen molar-refractivity contribution in [1.82, 2.24) is 15.1 Å². The average Bonchev–Trinajstić information content (AvgIpc) is 3.47. The fourth-order valence-electron chi connectivity index (χ4n) is 7.12. The van der Waals surface area contributed by atoms with Gasteiger partial charge in [-0.05, 0) is 55.9 Å². The van der Waals surface area contributed by atoms with Gasteiger partial charge in [0.15, 0.2) is 0 Å². The molecule has 9 heteroatoms. The highest BCUT2D eigenvalue weighted by Crippen LogP contribution is 2.32. The third-order valence-electron chi connectivity index (χ3n) is 10.3. The van der Waals surface area contributed by atoms with Gasteiger partial charge in [-0.2, -0.15) is 0 Å². The molecule has 45 heavy (non-hydrogen) atoms. The largest absolute Gasteiger partial charge is 0.387 e. The smallest absolute Gasteiger partial charge is 0.225 e. The molecule has 0 aromatic carbocycles. The molecule has 1 heterocycles. The predicted molar refractivity (Wildman–Crippen MR) is 179 cm³/mol. The Hall–Kier alpha value is -2.23. The summed E-state index contributed by atoms with van der Waals surface area (Å²) in [6, 6.07) is -0.989. The normalized spacial score (nSPS) is 25.0. The van der Waals surface area contributed by atoms with Crippen molar-refractivity contribution in [3.05, 3.63) is 23.3 Å². The van der Waals surface area contributed by atoms with Crippen molar-refractivity contribution in [3.8, 4) is 0 Å². The maximum absolute atomic E-state index is 13.9. The molecule has 0 spiro atoms. The van der Waals surface area contributed by atoms with Crippen LogP contribution in [0.2, 0.25) is 0 Å². The van der Waals surface area contributed by atoms with E-state index < -0.39 is 30.3 Å². The highest BCUT2D eigenvalue weighted by molar-refractivity contribution is 5.81. The van der Waals surface area contributed by atoms with E-state index in [1.165, 1.54) is 5.57 Å². The summed E-state index contributed by atoms with van der Waals surface area (Å²) < 4.78 is 11.8. The minimum absolute atomic E-state index is 0.0535. The first-order valence-corrected chi connectivity index (χ1v) is 17.1. The van der Waals surface area contributed by atoms with Gasteiger partial charge in [-0.25, -0.2) is 0 Å². The molecule has 2 aliphatic rings. The predicted octanol–water partition coefficient (Wildman–Crippen LogP) is 4.98. The number of ether oxygens (including phenoxy) is 2. The van der Waals surface area contributed by atoms with Crippen LogP contribution in [0.4, 0.5) is 0 Å². The number of aliphatic hydroxyl groups excluding tert-OH is 1. The molecule has 1 aliphatic carbocycles. The number of carbonyl (C=O) groups is 3. The molecule has 0 aromatic heterocycles. The van der Waals surface area contributed by atoms with Crippen molar-refractivity contribution < 1.29 is 29.0 Å². The van der Waals surface area contributed by atoms with Crippen molar-refractivity contribution in [1.29, 1.82) is 0 Å². The number of aliphatic hydroxyl groups is 1. The quantitative estimate of drug-likeness (QED) is 0.232. The van der Waals surface area contributed by atoms with Crippen molar-refractivity contribution in [2.24, 2.45) is 29.6 Å². The molecule has 1 fully saturated rings. The van der Waals surface area contributed by atoms with Crippen LogP contribution in [0.15, 0.2) is 23.3 Å². The van der Waals surface area contributed by atoms with Gasteiger partial charge < -0.3 is 29.7 Å². The lowest BCUT2D eigenvalue weighted by Gasteiger charge is -2.39. The molecule has 2 rings (SSSR count). The molecule has 0 aromatic rings. The van der Waals surface area contributed by atoms with Crippen LogP contribution in [0.25, 0.3) is 0 Å². The zero-order chi connectivity index (χ0) is 34.2. The molecule has 0 bridgehead atoms. The monoisotopic (exact) mass is 633 g/mol. The maximum Gasteiger partial charge on any atom is 0.225 e. The summed E-state index contributed by atoms with van der Waals surface area (Å²) in [5, 5.41) is 14.2. The summed E-state index contributed by atoms with van der Waals surface area (Å²) in [7, 11) is 5.02. The van der Waals surface area contributed by atoms with Crippen molar-refractivity contribution in [3.63, 3.8) is 0 Å². The molecule has 0 saturated carbocycles. The second kappa shape index (κ2) is 17.6. The number of amides is 3. The van der Waals surface area contributed by atoms with Gasteiger partial charge in [-0.15, -0.1) is 0 Å². The number of nitrogens with one attached hydrogen (secondary N) is 1. The van der Waals surface area contributed by atoms with Crippen molar-refractivity contribution >= 4 is 17.7 Å². The van der Waals surface area contributed by atoms with Crippen LogP contribution >= 0.6 is 0 Å². The van der Waals surface area contributed by atoms with Gasteiger partial charge in [0.05, 0.1) is 48.8 Å². The first kappa shape index (κ1) is 39.0. The lowest BCUT2D eigenvalue weighted by molar-refractivity contribution is -0.146. The molecule has 0 radical (unpaired) electrons. The molecule has 258 valence electrons. The SMILES string of the molecule is CC[C@H](C)[C@@H]([C@@H](CC(=O)N1CCC[C@H]1[C@H](OC)[C@@H](C)C(=O)N[C@H](C)[C@@H](O)C1=CC(C)C(C)=CC1C)OC)N(C)C(=O)CC(C)C. The Labute approximate surface area is 273 Å². The molecule has 1 aliphatic heterocycles. The van der Waals surface area contributed by atoms with Crippen LogP contribution in [-0.4, -0.2) is 96.9 Å². The number of nitrogens with zero attached hydrogens (tertiary/aromatic N) is 2. The first-order valence-electron chi connectivity index (χ1n) is 17.1. The molecule has 9 nitrogen and oxygen atoms in total. The second-order valence-electron chi connectivity index (χ2n) is 14.1. The summed E-state index contributed by atoms with van der Waals surface area (Å²) in [6.45, 7) is 18.7. The van der Waals surface area contributed by atoms with E-state index in [9.17, 15) is 19.5 Å². The topological polar surface area (TPSA) is 108 Å². The lowest BCUT2D eigenvalue weighted by atomic mass is 9.81. The zero-order valence-electron chi connectivity index (χ0n) is 30.1. The Kier molecular flexibility index (Phi) is 15.3. The third kappa shape index (κ3) is 9.88. The van der Waals surface area contributed by atoms with E-state index in [4.69, 9.17) is 9.47 Å². The van der Waals surface area contributed by atoms with Gasteiger partial charge >= 0.3 is 0 Å². The number of hydrogen-bond acceptors (Lipinski definition) is 6. The zero-order valence-corrected chi connectivity index (χ0v) is 30.1. The molecule has 1 saturated heterocycles. The Bertz CT molecular complexity index is 1060. The number of methoxy groups -OCH3 is 2. The molecular weight excluding hydrogens is 570 g/mol. The van der Waals surface area contributed by atoms with E-state index in [1.54, 1.807) is 19.1 Å². The van der Waals surface area contributed by atoms with Gasteiger partial charge in [0.1, 0.15) is 0 Å². The Balaban J connectivity index is 2.16. The lowest BCUT2D eigenvalue weighted by Crippen LogP contribution is -2.54. The summed E-state index contributed by atoms with van der Waals surface area (Å²) in [5.41, 5.74) is 2.20. The van der Waals surface area contributed by atoms with Gasteiger partial charge in [-0.1, -0.05) is 72.6 Å². The van der Waals surface area contributed by atoms with Gasteiger partial charge in [-0.3, -0.25) is 14.4 Å². The molecular formula is C36H63N3O6. The van der Waals surface area contributed by atoms with Gasteiger partial charge in [0, 0.05) is 34.2 Å². The highest BCUT2D eigenvalue weighted by atomic mass is 16.5. The molecule has 3 amide bonds. The minimum atomic E-state index is -0.802. The standard InChI is InChI=1S/C36H63N3O6/c1-13-22(4)33(38(10)31(40)17-21(2)3)30(44-11)20-32(41)39-16-14-15-29(39)35(45-12)26(8)36(43)37-27(9)34(42)28-19-24(6)23(5)18-25(28)7/h18-19,21-22,24-27,29-30,33-35,42H,13-17,20H2,1-12H3,(H,37,43)/t22-,24?,25?,26+,27+,29-,30+,33-,34+,35+/m0/s1. The summed E-state index contributed by atoms with van der Waals surface area (Å²) >= 11 is 0.